The highest BCUT2D eigenvalue weighted by molar-refractivity contribution is 7.58. The zero-order valence-electron chi connectivity index (χ0n) is 4.19. The molecule has 7 heavy (non-hydrogen) atoms. The topological polar surface area (TPSA) is 9.23 Å². The lowest BCUT2D eigenvalue weighted by atomic mass is 11.7. The maximum atomic E-state index is 5.95. The summed E-state index contributed by atoms with van der Waals surface area (Å²) >= 11 is 5.95. The van der Waals surface area contributed by atoms with E-state index in [1.54, 1.807) is 0 Å². The van der Waals surface area contributed by atoms with Gasteiger partial charge in [0.2, 0.25) is 0 Å². The smallest absolute Gasteiger partial charge is 0.147 e. The Morgan fingerprint density at radius 2 is 2.57 bits per heavy atom. The molecule has 0 radical (unpaired) electrons. The van der Waals surface area contributed by atoms with Gasteiger partial charge >= 0.3 is 0 Å². The van der Waals surface area contributed by atoms with Crippen molar-refractivity contribution in [1.82, 2.24) is 0 Å². The molecule has 0 N–H and O–H groups in total. The molecule has 0 aromatic carbocycles. The van der Waals surface area contributed by atoms with Crippen LogP contribution in [0.3, 0.4) is 0 Å². The van der Waals surface area contributed by atoms with Gasteiger partial charge in [-0.3, -0.25) is 0 Å². The molecule has 6 heteroatoms. The van der Waals surface area contributed by atoms with Gasteiger partial charge in [0.1, 0.15) is 16.9 Å². The van der Waals surface area contributed by atoms with Gasteiger partial charge in [-0.25, -0.2) is 0 Å². The first kappa shape index (κ1) is 6.24. The SMILES string of the molecule is Cl[SiH]1CO[SiH2][SiH2][SiH2]1. The van der Waals surface area contributed by atoms with Gasteiger partial charge < -0.3 is 4.43 Å². The maximum Gasteiger partial charge on any atom is 0.147 e. The lowest BCUT2D eigenvalue weighted by Crippen LogP contribution is -2.38. The van der Waals surface area contributed by atoms with E-state index in [1.165, 1.54) is 0 Å². The molecule has 0 saturated carbocycles. The van der Waals surface area contributed by atoms with Crippen molar-refractivity contribution in [3.63, 3.8) is 0 Å². The zero-order chi connectivity index (χ0) is 5.11. The van der Waals surface area contributed by atoms with Gasteiger partial charge in [0.05, 0.1) is 0 Å². The molecule has 1 aliphatic rings. The van der Waals surface area contributed by atoms with Crippen LogP contribution in [0, 0.1) is 0 Å². The van der Waals surface area contributed by atoms with E-state index in [2.05, 4.69) is 0 Å². The molecule has 0 aromatic heterocycles. The molecule has 0 aromatic rings. The number of rotatable bonds is 0. The summed E-state index contributed by atoms with van der Waals surface area (Å²) in [5, 5.41) is 0. The molecule has 1 rings (SSSR count). The molecule has 1 aliphatic heterocycles. The summed E-state index contributed by atoms with van der Waals surface area (Å²) in [5.41, 5.74) is 0. The molecule has 0 amide bonds. The van der Waals surface area contributed by atoms with Crippen LogP contribution in [0.5, 0.6) is 0 Å². The van der Waals surface area contributed by atoms with Crippen LogP contribution in [0.15, 0.2) is 0 Å². The van der Waals surface area contributed by atoms with Crippen LogP contribution in [0.25, 0.3) is 0 Å². The summed E-state index contributed by atoms with van der Waals surface area (Å²) in [6.07, 6.45) is 1.05. The van der Waals surface area contributed by atoms with Gasteiger partial charge in [-0.2, -0.15) is 11.1 Å². The predicted octanol–water partition coefficient (Wildman–Crippen LogP) is -2.73. The Morgan fingerprint density at radius 3 is 2.86 bits per heavy atom. The Kier molecular flexibility index (Phi) is 2.86. The second kappa shape index (κ2) is 3.20. The average Bonchev–Trinajstić information content (AvgIpc) is 1.69. The van der Waals surface area contributed by atoms with E-state index in [1.807, 2.05) is 0 Å². The van der Waals surface area contributed by atoms with Gasteiger partial charge in [-0.05, 0) is 0 Å². The summed E-state index contributed by atoms with van der Waals surface area (Å²) in [6, 6.07) is 0. The summed E-state index contributed by atoms with van der Waals surface area (Å²) in [7, 11) is 0.378. The van der Waals surface area contributed by atoms with E-state index in [9.17, 15) is 0 Å². The molecule has 1 saturated heterocycles. The van der Waals surface area contributed by atoms with Crippen LogP contribution in [-0.2, 0) is 4.43 Å². The minimum absolute atomic E-state index is 0.128. The monoisotopic (exact) mass is 184 g/mol. The molecule has 1 heterocycles. The Balaban J connectivity index is 2.12. The maximum absolute atomic E-state index is 5.95. The van der Waals surface area contributed by atoms with Crippen LogP contribution < -0.4 is 0 Å². The summed E-state index contributed by atoms with van der Waals surface area (Å²) in [4.78, 5) is 0. The van der Waals surface area contributed by atoms with Gasteiger partial charge in [-0.15, -0.1) is 0 Å². The van der Waals surface area contributed by atoms with E-state index in [-0.39, 0.29) is 9.28 Å². The van der Waals surface area contributed by atoms with Crippen molar-refractivity contribution in [2.45, 2.75) is 0 Å². The van der Waals surface area contributed by atoms with Crippen LogP contribution in [0.1, 0.15) is 0 Å². The molecule has 1 atom stereocenters. The summed E-state index contributed by atoms with van der Waals surface area (Å²) in [6.45, 7) is 0. The van der Waals surface area contributed by atoms with Crippen LogP contribution >= 0.6 is 11.1 Å². The lowest BCUT2D eigenvalue weighted by Gasteiger charge is -2.12. The summed E-state index contributed by atoms with van der Waals surface area (Å²) in [5.74, 6) is 0. The second-order valence-electron chi connectivity index (χ2n) is 1.81. The van der Waals surface area contributed by atoms with E-state index < -0.39 is 7.62 Å². The Morgan fingerprint density at radius 1 is 1.71 bits per heavy atom. The van der Waals surface area contributed by atoms with Crippen molar-refractivity contribution in [3.05, 3.63) is 0 Å². The van der Waals surface area contributed by atoms with E-state index in [0.29, 0.717) is 17.1 Å². The van der Waals surface area contributed by atoms with E-state index in [4.69, 9.17) is 15.5 Å². The van der Waals surface area contributed by atoms with E-state index >= 15 is 0 Å². The lowest BCUT2D eigenvalue weighted by molar-refractivity contribution is 0.420. The quantitative estimate of drug-likeness (QED) is 0.294. The predicted molar refractivity (Wildman–Crippen MR) is 44.6 cm³/mol. The van der Waals surface area contributed by atoms with Gasteiger partial charge in [0, 0.05) is 23.3 Å². The van der Waals surface area contributed by atoms with Crippen molar-refractivity contribution in [3.8, 4) is 0 Å². The molecule has 0 aliphatic carbocycles. The van der Waals surface area contributed by atoms with Crippen molar-refractivity contribution < 1.29 is 4.43 Å². The van der Waals surface area contributed by atoms with Crippen molar-refractivity contribution in [1.29, 1.82) is 0 Å². The second-order valence-corrected chi connectivity index (χ2v) is 28.4. The highest BCUT2D eigenvalue weighted by atomic mass is 35.6. The largest absolute Gasteiger partial charge is 0.431 e. The molecule has 0 spiro atoms. The fraction of sp³-hybridized carbons (Fsp3) is 1.00. The standard InChI is InChI=1S/CH9ClOSi4/c2-7-1-3-4-5-6-7/h7H,1,4-6H2. The Hall–Kier alpha value is 1.12. The Bertz CT molecular complexity index is 53.7. The number of halogens is 1. The fourth-order valence-corrected chi connectivity index (χ4v) is 47.9. The van der Waals surface area contributed by atoms with Crippen molar-refractivity contribution in [2.75, 3.05) is 6.23 Å². The number of hydrogen-bond donors (Lipinski definition) is 0. The molecule has 0 bridgehead atoms. The normalized spacial score (nSPS) is 43.3. The van der Waals surface area contributed by atoms with Crippen LogP contribution in [-0.4, -0.2) is 40.2 Å². The number of hydrogen-bond acceptors (Lipinski definition) is 1. The first-order chi connectivity index (χ1) is 3.39. The third-order valence-electron chi connectivity index (χ3n) is 1.10. The highest BCUT2D eigenvalue weighted by Gasteiger charge is 2.12. The first-order valence-electron chi connectivity index (χ1n) is 2.61. The third-order valence-corrected chi connectivity index (χ3v) is 38.8. The zero-order valence-corrected chi connectivity index (χ0v) is 10.3. The molecule has 1 unspecified atom stereocenters. The average molecular weight is 185 g/mol. The van der Waals surface area contributed by atoms with E-state index in [0.717, 1.165) is 6.23 Å². The van der Waals surface area contributed by atoms with Crippen molar-refractivity contribution in [2.24, 2.45) is 0 Å². The van der Waals surface area contributed by atoms with Crippen LogP contribution in [0.2, 0.25) is 0 Å². The van der Waals surface area contributed by atoms with Gasteiger partial charge in [-0.1, -0.05) is 0 Å². The minimum atomic E-state index is -0.609. The molecule has 1 nitrogen and oxygen atoms in total. The molecule has 1 fully saturated rings. The Labute approximate surface area is 56.0 Å². The van der Waals surface area contributed by atoms with Crippen molar-refractivity contribution >= 4 is 45.1 Å². The fourth-order valence-electron chi connectivity index (χ4n) is 0.701. The molecule has 42 valence electrons. The highest BCUT2D eigenvalue weighted by Crippen LogP contribution is 1.90. The molecular formula is CH9ClOSi4. The minimum Gasteiger partial charge on any atom is -0.431 e. The third kappa shape index (κ3) is 2.24. The summed E-state index contributed by atoms with van der Waals surface area (Å²) < 4.78 is 5.35. The van der Waals surface area contributed by atoms with Gasteiger partial charge in [0.25, 0.3) is 0 Å². The molecular weight excluding hydrogens is 176 g/mol. The van der Waals surface area contributed by atoms with Crippen LogP contribution in [0.4, 0.5) is 0 Å². The first-order valence-corrected chi connectivity index (χ1v) is 17.0. The van der Waals surface area contributed by atoms with Gasteiger partial charge in [0.15, 0.2) is 0 Å².